The molecule has 0 spiro atoms. The molecule has 0 radical (unpaired) electrons. The molecule has 1 unspecified atom stereocenters. The van der Waals surface area contributed by atoms with Crippen LogP contribution < -0.4 is 5.73 Å². The van der Waals surface area contributed by atoms with Gasteiger partial charge in [-0.05, 0) is 37.4 Å². The topological polar surface area (TPSA) is 64.9 Å². The van der Waals surface area contributed by atoms with Gasteiger partial charge in [-0.25, -0.2) is 0 Å². The highest BCUT2D eigenvalue weighted by atomic mass is 79.9. The molecule has 1 atom stereocenters. The van der Waals surface area contributed by atoms with E-state index in [9.17, 15) is 0 Å². The first-order valence-electron chi connectivity index (χ1n) is 7.01. The Labute approximate surface area is 127 Å². The van der Waals surface area contributed by atoms with Gasteiger partial charge < -0.3 is 10.3 Å². The van der Waals surface area contributed by atoms with Gasteiger partial charge in [0.05, 0.1) is 0 Å². The molecular formula is C15H20BrN3O. The number of aromatic nitrogens is 2. The van der Waals surface area contributed by atoms with Gasteiger partial charge in [0, 0.05) is 16.5 Å². The molecule has 2 N–H and O–H groups in total. The van der Waals surface area contributed by atoms with Crippen LogP contribution in [-0.4, -0.2) is 16.7 Å². The Hall–Kier alpha value is -1.20. The minimum atomic E-state index is 0.640. The Morgan fingerprint density at radius 1 is 1.35 bits per heavy atom. The number of rotatable bonds is 7. The van der Waals surface area contributed by atoms with Gasteiger partial charge in [-0.3, -0.25) is 0 Å². The first-order chi connectivity index (χ1) is 9.72. The molecule has 0 aliphatic carbocycles. The van der Waals surface area contributed by atoms with Crippen molar-refractivity contribution in [3.8, 4) is 11.4 Å². The highest BCUT2D eigenvalue weighted by Gasteiger charge is 2.11. The molecule has 108 valence electrons. The third-order valence-electron chi connectivity index (χ3n) is 3.47. The highest BCUT2D eigenvalue weighted by Crippen LogP contribution is 2.21. The van der Waals surface area contributed by atoms with Crippen molar-refractivity contribution in [1.29, 1.82) is 0 Å². The van der Waals surface area contributed by atoms with Gasteiger partial charge in [0.2, 0.25) is 11.7 Å². The molecule has 2 rings (SSSR count). The molecule has 4 nitrogen and oxygen atoms in total. The van der Waals surface area contributed by atoms with E-state index in [0.717, 1.165) is 42.3 Å². The first-order valence-corrected chi connectivity index (χ1v) is 7.80. The predicted octanol–water partition coefficient (Wildman–Crippen LogP) is 3.81. The summed E-state index contributed by atoms with van der Waals surface area (Å²) in [6.45, 7) is 2.94. The van der Waals surface area contributed by atoms with Gasteiger partial charge in [-0.2, -0.15) is 4.98 Å². The quantitative estimate of drug-likeness (QED) is 0.834. The van der Waals surface area contributed by atoms with Gasteiger partial charge in [-0.1, -0.05) is 46.6 Å². The lowest BCUT2D eigenvalue weighted by molar-refractivity contribution is 0.354. The average Bonchev–Trinajstić information content (AvgIpc) is 2.92. The fourth-order valence-electron chi connectivity index (χ4n) is 2.22. The van der Waals surface area contributed by atoms with Crippen molar-refractivity contribution in [2.24, 2.45) is 11.7 Å². The molecule has 2 aromatic rings. The normalized spacial score (nSPS) is 12.6. The summed E-state index contributed by atoms with van der Waals surface area (Å²) in [5, 5.41) is 4.05. The van der Waals surface area contributed by atoms with Crippen molar-refractivity contribution in [3.63, 3.8) is 0 Å². The highest BCUT2D eigenvalue weighted by molar-refractivity contribution is 9.10. The van der Waals surface area contributed by atoms with Crippen molar-refractivity contribution in [1.82, 2.24) is 10.1 Å². The lowest BCUT2D eigenvalue weighted by atomic mass is 9.97. The Balaban J connectivity index is 1.99. The molecule has 1 aromatic heterocycles. The molecule has 0 aliphatic heterocycles. The molecular weight excluding hydrogens is 318 g/mol. The van der Waals surface area contributed by atoms with Crippen molar-refractivity contribution in [2.75, 3.05) is 6.54 Å². The number of aryl methyl sites for hydroxylation is 1. The SMILES string of the molecule is CCC(CCN)CCc1nc(-c2cccc(Br)c2)no1. The van der Waals surface area contributed by atoms with Crippen LogP contribution in [0.4, 0.5) is 0 Å². The maximum absolute atomic E-state index is 5.61. The van der Waals surface area contributed by atoms with E-state index in [1.165, 1.54) is 0 Å². The number of hydrogen-bond acceptors (Lipinski definition) is 4. The summed E-state index contributed by atoms with van der Waals surface area (Å²) in [6, 6.07) is 7.90. The largest absolute Gasteiger partial charge is 0.339 e. The number of nitrogens with two attached hydrogens (primary N) is 1. The zero-order valence-corrected chi connectivity index (χ0v) is 13.3. The minimum absolute atomic E-state index is 0.640. The molecule has 0 bridgehead atoms. The molecule has 0 saturated heterocycles. The van der Waals surface area contributed by atoms with Crippen molar-refractivity contribution in [2.45, 2.75) is 32.6 Å². The average molecular weight is 338 g/mol. The number of nitrogens with zero attached hydrogens (tertiary/aromatic N) is 2. The monoisotopic (exact) mass is 337 g/mol. The summed E-state index contributed by atoms with van der Waals surface area (Å²) in [6.07, 6.45) is 4.07. The van der Waals surface area contributed by atoms with Crippen LogP contribution in [-0.2, 0) is 6.42 Å². The molecule has 0 amide bonds. The summed E-state index contributed by atoms with van der Waals surface area (Å²) < 4.78 is 6.33. The smallest absolute Gasteiger partial charge is 0.226 e. The maximum atomic E-state index is 5.61. The van der Waals surface area contributed by atoms with Crippen LogP contribution in [0.5, 0.6) is 0 Å². The molecule has 0 saturated carbocycles. The molecule has 1 aromatic carbocycles. The van der Waals surface area contributed by atoms with Gasteiger partial charge >= 0.3 is 0 Å². The summed E-state index contributed by atoms with van der Waals surface area (Å²) in [5.74, 6) is 1.99. The van der Waals surface area contributed by atoms with Gasteiger partial charge in [0.15, 0.2) is 0 Å². The molecule has 1 heterocycles. The first kappa shape index (κ1) is 15.2. The standard InChI is InChI=1S/C15H20BrN3O/c1-2-11(8-9-17)6-7-14-18-15(19-20-14)12-4-3-5-13(16)10-12/h3-5,10-11H,2,6-9,17H2,1H3. The lowest BCUT2D eigenvalue weighted by Crippen LogP contribution is -2.09. The summed E-state index contributed by atoms with van der Waals surface area (Å²) in [4.78, 5) is 4.46. The van der Waals surface area contributed by atoms with E-state index in [-0.39, 0.29) is 0 Å². The molecule has 0 fully saturated rings. The Morgan fingerprint density at radius 3 is 2.90 bits per heavy atom. The second-order valence-corrected chi connectivity index (χ2v) is 5.83. The maximum Gasteiger partial charge on any atom is 0.226 e. The summed E-state index contributed by atoms with van der Waals surface area (Å²) in [5.41, 5.74) is 6.57. The fraction of sp³-hybridized carbons (Fsp3) is 0.467. The Morgan fingerprint density at radius 2 is 2.20 bits per heavy atom. The molecule has 5 heteroatoms. The van der Waals surface area contributed by atoms with Crippen LogP contribution in [0.2, 0.25) is 0 Å². The van der Waals surface area contributed by atoms with E-state index in [1.54, 1.807) is 0 Å². The molecule has 20 heavy (non-hydrogen) atoms. The predicted molar refractivity (Wildman–Crippen MR) is 83.2 cm³/mol. The Bertz CT molecular complexity index is 541. The van der Waals surface area contributed by atoms with Crippen LogP contribution in [0.1, 0.15) is 32.1 Å². The van der Waals surface area contributed by atoms with E-state index in [0.29, 0.717) is 17.6 Å². The second-order valence-electron chi connectivity index (χ2n) is 4.91. The second kappa shape index (κ2) is 7.55. The third kappa shape index (κ3) is 4.15. The number of hydrogen-bond donors (Lipinski definition) is 1. The van der Waals surface area contributed by atoms with E-state index in [2.05, 4.69) is 33.0 Å². The van der Waals surface area contributed by atoms with Crippen molar-refractivity contribution >= 4 is 15.9 Å². The van der Waals surface area contributed by atoms with Gasteiger partial charge in [0.25, 0.3) is 0 Å². The van der Waals surface area contributed by atoms with Crippen LogP contribution in [0, 0.1) is 5.92 Å². The van der Waals surface area contributed by atoms with Crippen molar-refractivity contribution < 1.29 is 4.52 Å². The number of benzene rings is 1. The zero-order chi connectivity index (χ0) is 14.4. The lowest BCUT2D eigenvalue weighted by Gasteiger charge is -2.11. The third-order valence-corrected chi connectivity index (χ3v) is 3.96. The van der Waals surface area contributed by atoms with E-state index >= 15 is 0 Å². The van der Waals surface area contributed by atoms with Crippen molar-refractivity contribution in [3.05, 3.63) is 34.6 Å². The van der Waals surface area contributed by atoms with E-state index in [1.807, 2.05) is 24.3 Å². The minimum Gasteiger partial charge on any atom is -0.339 e. The molecule has 0 aliphatic rings. The number of halogens is 1. The fourth-order valence-corrected chi connectivity index (χ4v) is 2.62. The Kier molecular flexibility index (Phi) is 5.73. The summed E-state index contributed by atoms with van der Waals surface area (Å²) in [7, 11) is 0. The van der Waals surface area contributed by atoms with Gasteiger partial charge in [-0.15, -0.1) is 0 Å². The zero-order valence-electron chi connectivity index (χ0n) is 11.7. The van der Waals surface area contributed by atoms with E-state index in [4.69, 9.17) is 10.3 Å². The van der Waals surface area contributed by atoms with Crippen LogP contribution in [0.3, 0.4) is 0 Å². The van der Waals surface area contributed by atoms with E-state index < -0.39 is 0 Å². The van der Waals surface area contributed by atoms with Crippen LogP contribution in [0.15, 0.2) is 33.3 Å². The van der Waals surface area contributed by atoms with Crippen LogP contribution >= 0.6 is 15.9 Å². The van der Waals surface area contributed by atoms with Crippen LogP contribution in [0.25, 0.3) is 11.4 Å². The van der Waals surface area contributed by atoms with Gasteiger partial charge in [0.1, 0.15) is 0 Å². The summed E-state index contributed by atoms with van der Waals surface area (Å²) >= 11 is 3.44.